The van der Waals surface area contributed by atoms with Crippen LogP contribution in [0.15, 0.2) is 40.9 Å². The number of carbonyl (C=O) groups excluding carboxylic acids is 1. The molecule has 0 radical (unpaired) electrons. The maximum Gasteiger partial charge on any atom is 0.312 e. The Morgan fingerprint density at radius 2 is 2.00 bits per heavy atom. The van der Waals surface area contributed by atoms with Crippen LogP contribution in [0.2, 0.25) is 0 Å². The number of carbonyl (C=O) groups is 2. The summed E-state index contributed by atoms with van der Waals surface area (Å²) in [7, 11) is 0. The molecule has 4 nitrogen and oxygen atoms in total. The number of halogens is 1. The number of nitrogens with zero attached hydrogens (tertiary/aromatic N) is 1. The van der Waals surface area contributed by atoms with Gasteiger partial charge in [-0.05, 0) is 37.1 Å². The lowest BCUT2D eigenvalue weighted by molar-refractivity contribution is -0.139. The van der Waals surface area contributed by atoms with Crippen LogP contribution < -0.4 is 0 Å². The predicted octanol–water partition coefficient (Wildman–Crippen LogP) is 3.83. The van der Waals surface area contributed by atoms with E-state index in [-0.39, 0.29) is 5.78 Å². The van der Waals surface area contributed by atoms with E-state index >= 15 is 0 Å². The Hall–Kier alpha value is -1.88. The summed E-state index contributed by atoms with van der Waals surface area (Å²) in [6.07, 6.45) is 2.39. The zero-order valence-electron chi connectivity index (χ0n) is 12.0. The van der Waals surface area contributed by atoms with Gasteiger partial charge in [-0.1, -0.05) is 34.5 Å². The number of hydrogen-bond acceptors (Lipinski definition) is 2. The highest BCUT2D eigenvalue weighted by atomic mass is 79.9. The Kier molecular flexibility index (Phi) is 4.16. The molecule has 0 fully saturated rings. The minimum Gasteiger partial charge on any atom is -0.481 e. The second-order valence-electron chi connectivity index (χ2n) is 5.52. The molecule has 1 aliphatic heterocycles. The highest BCUT2D eigenvalue weighted by Gasteiger charge is 2.28. The Labute approximate surface area is 136 Å². The molecule has 1 atom stereocenters. The molecule has 0 saturated heterocycles. The van der Waals surface area contributed by atoms with Gasteiger partial charge in [-0.25, -0.2) is 0 Å². The van der Waals surface area contributed by atoms with Crippen LogP contribution in [0.25, 0.3) is 0 Å². The van der Waals surface area contributed by atoms with Crippen molar-refractivity contribution in [3.8, 4) is 0 Å². The quantitative estimate of drug-likeness (QED) is 0.845. The summed E-state index contributed by atoms with van der Waals surface area (Å²) in [5.41, 5.74) is 1.91. The molecule has 0 aliphatic carbocycles. The average Bonchev–Trinajstić information content (AvgIpc) is 2.78. The first-order valence-electron chi connectivity index (χ1n) is 7.30. The number of fused-ring (bicyclic) bond motifs is 1. The molecule has 1 N–H and O–H groups in total. The van der Waals surface area contributed by atoms with Crippen molar-refractivity contribution in [2.45, 2.75) is 31.7 Å². The zero-order chi connectivity index (χ0) is 15.7. The highest BCUT2D eigenvalue weighted by Crippen LogP contribution is 2.30. The zero-order valence-corrected chi connectivity index (χ0v) is 13.5. The highest BCUT2D eigenvalue weighted by molar-refractivity contribution is 9.10. The van der Waals surface area contributed by atoms with E-state index < -0.39 is 11.9 Å². The summed E-state index contributed by atoms with van der Waals surface area (Å²) >= 11 is 3.37. The van der Waals surface area contributed by atoms with E-state index in [9.17, 15) is 14.7 Å². The fourth-order valence-electron chi connectivity index (χ4n) is 3.03. The third-order valence-electron chi connectivity index (χ3n) is 4.11. The Morgan fingerprint density at radius 3 is 2.73 bits per heavy atom. The van der Waals surface area contributed by atoms with Gasteiger partial charge in [-0.2, -0.15) is 0 Å². The number of aliphatic carboxylic acids is 1. The average molecular weight is 362 g/mol. The van der Waals surface area contributed by atoms with E-state index in [1.807, 2.05) is 16.7 Å². The summed E-state index contributed by atoms with van der Waals surface area (Å²) in [6.45, 7) is 0.696. The van der Waals surface area contributed by atoms with Gasteiger partial charge in [-0.3, -0.25) is 9.59 Å². The van der Waals surface area contributed by atoms with Gasteiger partial charge >= 0.3 is 5.97 Å². The molecule has 0 saturated carbocycles. The fraction of sp³-hybridized carbons (Fsp3) is 0.294. The largest absolute Gasteiger partial charge is 0.481 e. The summed E-state index contributed by atoms with van der Waals surface area (Å²) in [5, 5.41) is 9.41. The van der Waals surface area contributed by atoms with Crippen molar-refractivity contribution < 1.29 is 14.7 Å². The van der Waals surface area contributed by atoms with Crippen molar-refractivity contribution in [3.63, 3.8) is 0 Å². The molecular weight excluding hydrogens is 346 g/mol. The van der Waals surface area contributed by atoms with Gasteiger partial charge in [0.25, 0.3) is 0 Å². The number of carboxylic acid groups (broad SMARTS) is 1. The van der Waals surface area contributed by atoms with Crippen LogP contribution in [0.1, 0.15) is 46.9 Å². The first-order valence-corrected chi connectivity index (χ1v) is 8.09. The molecule has 2 aromatic rings. The van der Waals surface area contributed by atoms with Crippen LogP contribution in [-0.4, -0.2) is 21.4 Å². The predicted molar refractivity (Wildman–Crippen MR) is 86.2 cm³/mol. The third-order valence-corrected chi connectivity index (χ3v) is 4.61. The van der Waals surface area contributed by atoms with Gasteiger partial charge in [0.05, 0.1) is 11.6 Å². The number of benzene rings is 1. The lowest BCUT2D eigenvalue weighted by atomic mass is 10.0. The van der Waals surface area contributed by atoms with Crippen molar-refractivity contribution in [2.75, 3.05) is 0 Å². The van der Waals surface area contributed by atoms with E-state index in [2.05, 4.69) is 15.9 Å². The Balaban J connectivity index is 2.03. The monoisotopic (exact) mass is 361 g/mol. The molecule has 22 heavy (non-hydrogen) atoms. The van der Waals surface area contributed by atoms with E-state index in [1.165, 1.54) is 0 Å². The van der Waals surface area contributed by atoms with Crippen molar-refractivity contribution in [1.82, 2.24) is 4.57 Å². The smallest absolute Gasteiger partial charge is 0.312 e. The van der Waals surface area contributed by atoms with Gasteiger partial charge in [0.1, 0.15) is 0 Å². The topological polar surface area (TPSA) is 59.3 Å². The molecule has 0 amide bonds. The van der Waals surface area contributed by atoms with Crippen LogP contribution in [0, 0.1) is 0 Å². The summed E-state index contributed by atoms with van der Waals surface area (Å²) in [5.74, 6) is -1.41. The van der Waals surface area contributed by atoms with E-state index in [1.54, 1.807) is 24.3 Å². The van der Waals surface area contributed by atoms with E-state index in [0.717, 1.165) is 23.0 Å². The molecule has 5 heteroatoms. The lowest BCUT2D eigenvalue weighted by Gasteiger charge is -2.13. The van der Waals surface area contributed by atoms with Crippen LogP contribution in [0.4, 0.5) is 0 Å². The molecule has 1 aromatic heterocycles. The Morgan fingerprint density at radius 1 is 1.18 bits per heavy atom. The maximum absolute atomic E-state index is 12.7. The summed E-state index contributed by atoms with van der Waals surface area (Å²) < 4.78 is 2.74. The number of hydrogen-bond donors (Lipinski definition) is 1. The van der Waals surface area contributed by atoms with Gasteiger partial charge in [-0.15, -0.1) is 0 Å². The third kappa shape index (κ3) is 2.73. The molecule has 114 valence electrons. The van der Waals surface area contributed by atoms with Crippen molar-refractivity contribution in [1.29, 1.82) is 0 Å². The fourth-order valence-corrected chi connectivity index (χ4v) is 3.43. The standard InChI is InChI=1S/C17H16BrNO3/c18-12-5-3-4-11(10-12)16(20)15-8-7-14-13(17(21)22)6-1-2-9-19(14)15/h3-5,7-8,10,13H,1-2,6,9H2,(H,21,22). The normalized spacial score (nSPS) is 17.6. The van der Waals surface area contributed by atoms with Crippen LogP contribution >= 0.6 is 15.9 Å². The molecule has 2 heterocycles. The first-order chi connectivity index (χ1) is 10.6. The minimum atomic E-state index is -0.817. The molecule has 1 unspecified atom stereocenters. The lowest BCUT2D eigenvalue weighted by Crippen LogP contribution is -2.16. The molecule has 1 aliphatic rings. The van der Waals surface area contributed by atoms with Gasteiger partial charge in [0, 0.05) is 22.3 Å². The van der Waals surface area contributed by atoms with E-state index in [4.69, 9.17) is 0 Å². The molecule has 0 bridgehead atoms. The van der Waals surface area contributed by atoms with Crippen molar-refractivity contribution in [3.05, 3.63) is 57.8 Å². The van der Waals surface area contributed by atoms with Crippen LogP contribution in [-0.2, 0) is 11.3 Å². The van der Waals surface area contributed by atoms with Gasteiger partial charge < -0.3 is 9.67 Å². The number of aromatic nitrogens is 1. The van der Waals surface area contributed by atoms with Crippen LogP contribution in [0.5, 0.6) is 0 Å². The molecular formula is C17H16BrNO3. The maximum atomic E-state index is 12.7. The van der Waals surface area contributed by atoms with Crippen molar-refractivity contribution >= 4 is 27.7 Å². The second-order valence-corrected chi connectivity index (χ2v) is 6.44. The SMILES string of the molecule is O=C(c1cccc(Br)c1)c1ccc2n1CCCCC2C(=O)O. The number of rotatable bonds is 3. The first kappa shape index (κ1) is 15.0. The second kappa shape index (κ2) is 6.08. The summed E-state index contributed by atoms with van der Waals surface area (Å²) in [6, 6.07) is 10.8. The number of ketones is 1. The Bertz CT molecular complexity index is 735. The van der Waals surface area contributed by atoms with E-state index in [0.29, 0.717) is 24.2 Å². The van der Waals surface area contributed by atoms with Gasteiger partial charge in [0.2, 0.25) is 5.78 Å². The molecule has 3 rings (SSSR count). The molecule has 1 aromatic carbocycles. The van der Waals surface area contributed by atoms with Crippen molar-refractivity contribution in [2.24, 2.45) is 0 Å². The molecule has 0 spiro atoms. The summed E-state index contributed by atoms with van der Waals surface area (Å²) in [4.78, 5) is 24.2. The minimum absolute atomic E-state index is 0.0708. The number of carboxylic acids is 1. The van der Waals surface area contributed by atoms with Gasteiger partial charge in [0.15, 0.2) is 0 Å². The van der Waals surface area contributed by atoms with Crippen LogP contribution in [0.3, 0.4) is 0 Å².